The van der Waals surface area contributed by atoms with Crippen LogP contribution in [0.5, 0.6) is 0 Å². The SMILES string of the molecule is Cc1c[n+](NS(=O)(=O)c2ccc([N+](=O)[O-])cc2)sc1C.[O-][Cl+3]([O-])([O-])[O-]. The number of nitro groups is 1. The van der Waals surface area contributed by atoms with Crippen LogP contribution in [-0.4, -0.2) is 13.3 Å². The summed E-state index contributed by atoms with van der Waals surface area (Å²) in [6.07, 6.45) is 1.67. The van der Waals surface area contributed by atoms with Crippen LogP contribution in [0.2, 0.25) is 0 Å². The maximum atomic E-state index is 12.1. The Morgan fingerprint density at radius 2 is 1.60 bits per heavy atom. The topological polar surface area (TPSA) is 185 Å². The van der Waals surface area contributed by atoms with E-state index >= 15 is 0 Å². The Morgan fingerprint density at radius 3 is 1.96 bits per heavy atom. The molecule has 0 amide bonds. The van der Waals surface area contributed by atoms with E-state index in [1.807, 2.05) is 13.8 Å². The summed E-state index contributed by atoms with van der Waals surface area (Å²) in [6, 6.07) is 4.72. The fourth-order valence-corrected chi connectivity index (χ4v) is 3.51. The third-order valence-electron chi connectivity index (χ3n) is 2.67. The van der Waals surface area contributed by atoms with Crippen LogP contribution in [-0.2, 0) is 10.0 Å². The van der Waals surface area contributed by atoms with E-state index in [-0.39, 0.29) is 10.6 Å². The van der Waals surface area contributed by atoms with E-state index in [0.717, 1.165) is 22.6 Å². The van der Waals surface area contributed by atoms with Crippen molar-refractivity contribution in [3.05, 3.63) is 51.0 Å². The Hall–Kier alpha value is -1.87. The standard InChI is InChI=1S/C11H12N3O4S2.ClHO4/c1-8-7-13(19-9(8)2)12-20(17,18)11-5-3-10(4-6-11)14(15)16;2-1(3,4)5/h3-7,12H,1-2H3;(H,2,3,4,5)/q+1;/p-1. The van der Waals surface area contributed by atoms with Crippen LogP contribution in [0.15, 0.2) is 35.4 Å². The molecule has 2 aromatic rings. The first-order valence-electron chi connectivity index (χ1n) is 6.18. The molecule has 0 unspecified atom stereocenters. The minimum absolute atomic E-state index is 0.0284. The predicted molar refractivity (Wildman–Crippen MR) is 73.6 cm³/mol. The van der Waals surface area contributed by atoms with Gasteiger partial charge in [0, 0.05) is 17.7 Å². The molecule has 0 aliphatic carbocycles. The zero-order valence-electron chi connectivity index (χ0n) is 12.7. The molecular weight excluding hydrogens is 402 g/mol. The van der Waals surface area contributed by atoms with Gasteiger partial charge in [0.2, 0.25) is 6.20 Å². The third-order valence-corrected chi connectivity index (χ3v) is 5.10. The number of rotatable bonds is 4. The largest absolute Gasteiger partial charge is 0.307 e. The first-order valence-corrected chi connectivity index (χ1v) is 9.67. The van der Waals surface area contributed by atoms with Crippen LogP contribution >= 0.6 is 11.5 Å². The van der Waals surface area contributed by atoms with E-state index in [2.05, 4.69) is 4.83 Å². The fourth-order valence-electron chi connectivity index (χ4n) is 1.48. The van der Waals surface area contributed by atoms with Gasteiger partial charge in [-0.25, -0.2) is 18.6 Å². The van der Waals surface area contributed by atoms with E-state index < -0.39 is 25.2 Å². The molecule has 0 bridgehead atoms. The van der Waals surface area contributed by atoms with Crippen LogP contribution in [0.25, 0.3) is 0 Å². The van der Waals surface area contributed by atoms with Crippen LogP contribution in [0.3, 0.4) is 0 Å². The molecule has 0 spiro atoms. The van der Waals surface area contributed by atoms with Crippen molar-refractivity contribution in [2.24, 2.45) is 0 Å². The maximum Gasteiger partial charge on any atom is 0.307 e. The smallest absolute Gasteiger partial charge is 0.258 e. The average molecular weight is 414 g/mol. The molecule has 0 radical (unpaired) electrons. The first kappa shape index (κ1) is 21.2. The molecule has 1 aromatic carbocycles. The van der Waals surface area contributed by atoms with Gasteiger partial charge in [-0.15, -0.1) is 10.2 Å². The zero-order valence-corrected chi connectivity index (χ0v) is 15.1. The molecule has 138 valence electrons. The van der Waals surface area contributed by atoms with E-state index in [4.69, 9.17) is 18.6 Å². The van der Waals surface area contributed by atoms with Crippen molar-refractivity contribution in [3.8, 4) is 0 Å². The van der Waals surface area contributed by atoms with Gasteiger partial charge in [-0.1, -0.05) is 4.83 Å². The lowest BCUT2D eigenvalue weighted by molar-refractivity contribution is -2.00. The number of halogens is 1. The van der Waals surface area contributed by atoms with Crippen LogP contribution in [0, 0.1) is 34.2 Å². The number of nitrogens with zero attached hydrogens (tertiary/aromatic N) is 2. The molecule has 2 rings (SSSR count). The van der Waals surface area contributed by atoms with Gasteiger partial charge in [-0.2, -0.15) is 8.42 Å². The van der Waals surface area contributed by atoms with Crippen molar-refractivity contribution < 1.29 is 46.3 Å². The normalized spacial score (nSPS) is 11.4. The Labute approximate surface area is 148 Å². The summed E-state index contributed by atoms with van der Waals surface area (Å²) in [4.78, 5) is 13.3. The van der Waals surface area contributed by atoms with Gasteiger partial charge in [-0.3, -0.25) is 10.1 Å². The fraction of sp³-hybridized carbons (Fsp3) is 0.182. The number of sulfonamides is 1. The molecule has 1 aromatic heterocycles. The van der Waals surface area contributed by atoms with Gasteiger partial charge >= 0.3 is 10.0 Å². The first-order chi connectivity index (χ1) is 11.3. The van der Waals surface area contributed by atoms with Crippen molar-refractivity contribution in [1.29, 1.82) is 0 Å². The number of aryl methyl sites for hydroxylation is 2. The van der Waals surface area contributed by atoms with Gasteiger partial charge in [0.15, 0.2) is 11.5 Å². The molecule has 0 atom stereocenters. The number of benzene rings is 1. The molecule has 0 saturated heterocycles. The molecule has 0 fully saturated rings. The molecule has 11 nitrogen and oxygen atoms in total. The second-order valence-electron chi connectivity index (χ2n) is 4.51. The number of hydrogen-bond acceptors (Lipinski definition) is 9. The molecule has 25 heavy (non-hydrogen) atoms. The number of nitro benzene ring substituents is 1. The van der Waals surface area contributed by atoms with Gasteiger partial charge < -0.3 is 0 Å². The van der Waals surface area contributed by atoms with Crippen LogP contribution < -0.4 is 27.5 Å². The zero-order chi connectivity index (χ0) is 19.4. The number of aromatic nitrogens is 1. The number of nitrogens with one attached hydrogen (secondary N) is 1. The molecule has 1 N–H and O–H groups in total. The third kappa shape index (κ3) is 7.27. The van der Waals surface area contributed by atoms with E-state index in [0.29, 0.717) is 0 Å². The van der Waals surface area contributed by atoms with Crippen molar-refractivity contribution in [3.63, 3.8) is 0 Å². The quantitative estimate of drug-likeness (QED) is 0.307. The van der Waals surface area contributed by atoms with E-state index in [9.17, 15) is 18.5 Å². The van der Waals surface area contributed by atoms with Gasteiger partial charge in [0.05, 0.1) is 14.7 Å². The number of non-ortho nitro benzene ring substituents is 1. The molecule has 0 aliphatic rings. The lowest BCUT2D eigenvalue weighted by atomic mass is 10.3. The minimum atomic E-state index is -4.94. The van der Waals surface area contributed by atoms with Gasteiger partial charge in [0.25, 0.3) is 5.69 Å². The summed E-state index contributed by atoms with van der Waals surface area (Å²) < 4.78 is 59.6. The molecule has 1 heterocycles. The summed E-state index contributed by atoms with van der Waals surface area (Å²) in [5, 5.41) is 10.5. The molecule has 0 aliphatic heterocycles. The second-order valence-corrected chi connectivity index (χ2v) is 8.11. The molecule has 14 heteroatoms. The lowest BCUT2D eigenvalue weighted by Crippen LogP contribution is -2.68. The minimum Gasteiger partial charge on any atom is -0.258 e. The van der Waals surface area contributed by atoms with Crippen molar-refractivity contribution >= 4 is 27.2 Å². The van der Waals surface area contributed by atoms with Gasteiger partial charge in [-0.05, 0) is 30.0 Å². The van der Waals surface area contributed by atoms with Crippen molar-refractivity contribution in [2.45, 2.75) is 18.7 Å². The Kier molecular flexibility index (Phi) is 6.78. The summed E-state index contributed by atoms with van der Waals surface area (Å²) in [7, 11) is -8.70. The Balaban J connectivity index is 0.000000550. The summed E-state index contributed by atoms with van der Waals surface area (Å²) >= 11 is 1.26. The van der Waals surface area contributed by atoms with Crippen molar-refractivity contribution in [1.82, 2.24) is 0 Å². The van der Waals surface area contributed by atoms with E-state index in [1.54, 1.807) is 6.20 Å². The second kappa shape index (κ2) is 8.01. The highest BCUT2D eigenvalue weighted by molar-refractivity contribution is 7.92. The highest BCUT2D eigenvalue weighted by Gasteiger charge is 2.22. The highest BCUT2D eigenvalue weighted by atomic mass is 35.7. The predicted octanol–water partition coefficient (Wildman–Crippen LogP) is -3.26. The maximum absolute atomic E-state index is 12.1. The highest BCUT2D eigenvalue weighted by Crippen LogP contribution is 2.16. The summed E-state index contributed by atoms with van der Waals surface area (Å²) in [5.74, 6) is 0. The van der Waals surface area contributed by atoms with Crippen LogP contribution in [0.1, 0.15) is 10.4 Å². The average Bonchev–Trinajstić information content (AvgIpc) is 2.74. The Bertz CT molecular complexity index is 820. The molecule has 0 saturated carbocycles. The number of hydrogen-bond donors (Lipinski definition) is 1. The Morgan fingerprint density at radius 1 is 1.12 bits per heavy atom. The van der Waals surface area contributed by atoms with Crippen molar-refractivity contribution in [2.75, 3.05) is 4.83 Å². The summed E-state index contributed by atoms with van der Waals surface area (Å²) in [6.45, 7) is 3.76. The summed E-state index contributed by atoms with van der Waals surface area (Å²) in [5.41, 5.74) is 0.820. The van der Waals surface area contributed by atoms with Gasteiger partial charge in [0.1, 0.15) is 0 Å². The monoisotopic (exact) mass is 413 g/mol. The molecular formula is C11H12ClN3O8S2. The van der Waals surface area contributed by atoms with E-state index in [1.165, 1.54) is 27.7 Å². The van der Waals surface area contributed by atoms with Crippen LogP contribution in [0.4, 0.5) is 5.69 Å². The lowest BCUT2D eigenvalue weighted by Gasteiger charge is -2.17.